The molecule has 7 nitrogen and oxygen atoms in total. The van der Waals surface area contributed by atoms with Crippen molar-refractivity contribution in [3.63, 3.8) is 0 Å². The smallest absolute Gasteiger partial charge is 0.308 e. The van der Waals surface area contributed by atoms with Crippen LogP contribution in [0.1, 0.15) is 30.3 Å². The fraction of sp³-hybridized carbons (Fsp3) is 0.389. The van der Waals surface area contributed by atoms with Crippen molar-refractivity contribution in [2.75, 3.05) is 13.7 Å². The SMILES string of the molecule is COc1cccc(-c2cc(C(=O)N3CC(C(=O)O)CCC3C)[nH]n2)c1. The van der Waals surface area contributed by atoms with Crippen LogP contribution in [0.5, 0.6) is 5.75 Å². The Morgan fingerprint density at radius 2 is 2.12 bits per heavy atom. The first-order valence-corrected chi connectivity index (χ1v) is 8.23. The van der Waals surface area contributed by atoms with E-state index in [4.69, 9.17) is 4.74 Å². The number of hydrogen-bond donors (Lipinski definition) is 2. The summed E-state index contributed by atoms with van der Waals surface area (Å²) < 4.78 is 5.21. The minimum Gasteiger partial charge on any atom is -0.497 e. The van der Waals surface area contributed by atoms with Gasteiger partial charge in [0, 0.05) is 18.2 Å². The Bertz CT molecular complexity index is 786. The second-order valence-corrected chi connectivity index (χ2v) is 6.32. The normalized spacial score (nSPS) is 20.3. The van der Waals surface area contributed by atoms with E-state index in [9.17, 15) is 14.7 Å². The van der Waals surface area contributed by atoms with Crippen LogP contribution in [-0.4, -0.2) is 51.8 Å². The molecule has 2 unspecified atom stereocenters. The van der Waals surface area contributed by atoms with Crippen LogP contribution >= 0.6 is 0 Å². The van der Waals surface area contributed by atoms with Gasteiger partial charge < -0.3 is 14.7 Å². The third kappa shape index (κ3) is 3.50. The van der Waals surface area contributed by atoms with E-state index in [-0.39, 0.29) is 18.5 Å². The molecule has 0 bridgehead atoms. The van der Waals surface area contributed by atoms with Crippen molar-refractivity contribution in [2.45, 2.75) is 25.8 Å². The minimum atomic E-state index is -0.855. The number of aromatic nitrogens is 2. The highest BCUT2D eigenvalue weighted by Crippen LogP contribution is 2.26. The predicted molar refractivity (Wildman–Crippen MR) is 91.4 cm³/mol. The number of nitrogens with zero attached hydrogens (tertiary/aromatic N) is 2. The zero-order chi connectivity index (χ0) is 18.0. The van der Waals surface area contributed by atoms with Crippen molar-refractivity contribution < 1.29 is 19.4 Å². The van der Waals surface area contributed by atoms with E-state index >= 15 is 0 Å². The number of aliphatic carboxylic acids is 1. The van der Waals surface area contributed by atoms with Crippen molar-refractivity contribution in [1.82, 2.24) is 15.1 Å². The summed E-state index contributed by atoms with van der Waals surface area (Å²) in [5, 5.41) is 16.2. The molecular weight excluding hydrogens is 322 g/mol. The summed E-state index contributed by atoms with van der Waals surface area (Å²) in [5.74, 6) is -0.880. The van der Waals surface area contributed by atoms with Crippen molar-refractivity contribution in [1.29, 1.82) is 0 Å². The summed E-state index contributed by atoms with van der Waals surface area (Å²) in [4.78, 5) is 25.6. The van der Waals surface area contributed by atoms with E-state index in [1.54, 1.807) is 18.1 Å². The number of carboxylic acids is 1. The lowest BCUT2D eigenvalue weighted by Crippen LogP contribution is -2.47. The quantitative estimate of drug-likeness (QED) is 0.889. The fourth-order valence-electron chi connectivity index (χ4n) is 3.11. The van der Waals surface area contributed by atoms with Crippen molar-refractivity contribution in [2.24, 2.45) is 5.92 Å². The van der Waals surface area contributed by atoms with Crippen LogP contribution in [-0.2, 0) is 4.79 Å². The summed E-state index contributed by atoms with van der Waals surface area (Å²) in [6, 6.07) is 9.12. The molecule has 0 saturated carbocycles. The summed E-state index contributed by atoms with van der Waals surface area (Å²) in [6.07, 6.45) is 1.28. The minimum absolute atomic E-state index is 0.00618. The number of hydrogen-bond acceptors (Lipinski definition) is 4. The van der Waals surface area contributed by atoms with Gasteiger partial charge in [-0.1, -0.05) is 12.1 Å². The average molecular weight is 343 g/mol. The number of carboxylic acid groups (broad SMARTS) is 1. The number of amides is 1. The molecule has 0 spiro atoms. The third-order valence-corrected chi connectivity index (χ3v) is 4.67. The average Bonchev–Trinajstić information content (AvgIpc) is 3.11. The van der Waals surface area contributed by atoms with Crippen LogP contribution in [0.2, 0.25) is 0 Å². The number of carbonyl (C=O) groups excluding carboxylic acids is 1. The van der Waals surface area contributed by atoms with Crippen LogP contribution in [0.4, 0.5) is 0 Å². The standard InChI is InChI=1S/C18H21N3O4/c1-11-6-7-13(18(23)24)10-21(11)17(22)16-9-15(19-20-16)12-4-3-5-14(8-12)25-2/h3-5,8-9,11,13H,6-7,10H2,1-2H3,(H,19,20)(H,23,24). The molecule has 1 aromatic carbocycles. The molecule has 2 atom stereocenters. The molecule has 1 fully saturated rings. The largest absolute Gasteiger partial charge is 0.497 e. The number of methoxy groups -OCH3 is 1. The molecule has 0 aliphatic carbocycles. The lowest BCUT2D eigenvalue weighted by atomic mass is 9.93. The zero-order valence-corrected chi connectivity index (χ0v) is 14.2. The number of benzene rings is 1. The maximum atomic E-state index is 12.8. The van der Waals surface area contributed by atoms with Crippen molar-refractivity contribution in [3.8, 4) is 17.0 Å². The highest BCUT2D eigenvalue weighted by atomic mass is 16.5. The maximum absolute atomic E-state index is 12.8. The van der Waals surface area contributed by atoms with Crippen molar-refractivity contribution >= 4 is 11.9 Å². The predicted octanol–water partition coefficient (Wildman–Crippen LogP) is 2.41. The number of H-pyrrole nitrogens is 1. The number of ether oxygens (including phenoxy) is 1. The second-order valence-electron chi connectivity index (χ2n) is 6.32. The van der Waals surface area contributed by atoms with Gasteiger partial charge in [0.15, 0.2) is 0 Å². The van der Waals surface area contributed by atoms with Crippen molar-refractivity contribution in [3.05, 3.63) is 36.0 Å². The van der Waals surface area contributed by atoms with Gasteiger partial charge in [0.1, 0.15) is 11.4 Å². The van der Waals surface area contributed by atoms with Gasteiger partial charge in [-0.05, 0) is 38.0 Å². The molecule has 1 saturated heterocycles. The van der Waals surface area contributed by atoms with Gasteiger partial charge >= 0.3 is 5.97 Å². The molecule has 1 amide bonds. The number of nitrogens with one attached hydrogen (secondary N) is 1. The Balaban J connectivity index is 1.81. The summed E-state index contributed by atoms with van der Waals surface area (Å²) in [7, 11) is 1.59. The van der Waals surface area contributed by atoms with E-state index in [0.717, 1.165) is 5.56 Å². The van der Waals surface area contributed by atoms with E-state index < -0.39 is 11.9 Å². The highest BCUT2D eigenvalue weighted by Gasteiger charge is 2.33. The van der Waals surface area contributed by atoms with E-state index in [2.05, 4.69) is 10.2 Å². The first-order valence-electron chi connectivity index (χ1n) is 8.23. The van der Waals surface area contributed by atoms with Crippen LogP contribution in [0.25, 0.3) is 11.3 Å². The molecule has 132 valence electrons. The molecule has 1 aliphatic heterocycles. The lowest BCUT2D eigenvalue weighted by molar-refractivity contribution is -0.143. The molecule has 2 N–H and O–H groups in total. The van der Waals surface area contributed by atoms with E-state index in [0.29, 0.717) is 30.0 Å². The Morgan fingerprint density at radius 1 is 1.32 bits per heavy atom. The molecule has 3 rings (SSSR count). The van der Waals surface area contributed by atoms with Crippen LogP contribution in [0.15, 0.2) is 30.3 Å². The van der Waals surface area contributed by atoms with Crippen LogP contribution in [0.3, 0.4) is 0 Å². The molecule has 2 aromatic rings. The highest BCUT2D eigenvalue weighted by molar-refractivity contribution is 5.94. The van der Waals surface area contributed by atoms with Crippen LogP contribution in [0, 0.1) is 5.92 Å². The van der Waals surface area contributed by atoms with Gasteiger partial charge in [-0.25, -0.2) is 0 Å². The number of aromatic amines is 1. The molecule has 2 heterocycles. The van der Waals surface area contributed by atoms with Gasteiger partial charge in [0.2, 0.25) is 0 Å². The summed E-state index contributed by atoms with van der Waals surface area (Å²) in [5.41, 5.74) is 1.84. The number of piperidine rings is 1. The summed E-state index contributed by atoms with van der Waals surface area (Å²) in [6.45, 7) is 2.16. The Labute approximate surface area is 145 Å². The Hall–Kier alpha value is -2.83. The molecule has 1 aromatic heterocycles. The van der Waals surface area contributed by atoms with Crippen LogP contribution < -0.4 is 4.74 Å². The fourth-order valence-corrected chi connectivity index (χ4v) is 3.11. The first kappa shape index (κ1) is 17.0. The zero-order valence-electron chi connectivity index (χ0n) is 14.2. The monoisotopic (exact) mass is 343 g/mol. The molecule has 1 aliphatic rings. The number of carbonyl (C=O) groups is 2. The Morgan fingerprint density at radius 3 is 2.84 bits per heavy atom. The van der Waals surface area contributed by atoms with Gasteiger partial charge in [-0.2, -0.15) is 5.10 Å². The maximum Gasteiger partial charge on any atom is 0.308 e. The molecule has 0 radical (unpaired) electrons. The lowest BCUT2D eigenvalue weighted by Gasteiger charge is -2.36. The van der Waals surface area contributed by atoms with Gasteiger partial charge in [-0.3, -0.25) is 14.7 Å². The number of likely N-dealkylation sites (tertiary alicyclic amines) is 1. The van der Waals surface area contributed by atoms with Gasteiger partial charge in [0.05, 0.1) is 18.7 Å². The van der Waals surface area contributed by atoms with Gasteiger partial charge in [0.25, 0.3) is 5.91 Å². The molecular formula is C18H21N3O4. The number of rotatable bonds is 4. The molecule has 25 heavy (non-hydrogen) atoms. The summed E-state index contributed by atoms with van der Waals surface area (Å²) >= 11 is 0. The second kappa shape index (κ2) is 6.96. The topological polar surface area (TPSA) is 95.5 Å². The third-order valence-electron chi connectivity index (χ3n) is 4.67. The Kier molecular flexibility index (Phi) is 4.74. The van der Waals surface area contributed by atoms with E-state index in [1.165, 1.54) is 0 Å². The first-order chi connectivity index (χ1) is 12.0. The van der Waals surface area contributed by atoms with Gasteiger partial charge in [-0.15, -0.1) is 0 Å². The molecule has 7 heteroatoms. The van der Waals surface area contributed by atoms with E-state index in [1.807, 2.05) is 31.2 Å².